The summed E-state index contributed by atoms with van der Waals surface area (Å²) in [6, 6.07) is 8.84. The number of rotatable bonds is 4. The molecule has 1 aromatic heterocycles. The van der Waals surface area contributed by atoms with Crippen molar-refractivity contribution in [1.82, 2.24) is 15.6 Å². The molecule has 7 heteroatoms. The fourth-order valence-electron chi connectivity index (χ4n) is 5.71. The first-order valence-electron chi connectivity index (χ1n) is 11.6. The highest BCUT2D eigenvalue weighted by Gasteiger charge is 2.36. The highest BCUT2D eigenvalue weighted by molar-refractivity contribution is 6.13. The van der Waals surface area contributed by atoms with Crippen LogP contribution in [0.1, 0.15) is 43.2 Å². The van der Waals surface area contributed by atoms with Gasteiger partial charge in [0.15, 0.2) is 0 Å². The zero-order valence-corrected chi connectivity index (χ0v) is 18.0. The normalized spacial score (nSPS) is 26.8. The molecule has 3 fully saturated rings. The summed E-state index contributed by atoms with van der Waals surface area (Å²) in [4.78, 5) is 7.79. The Morgan fingerprint density at radius 2 is 1.73 bits per heavy atom. The number of nitrogens with one attached hydrogen (secondary N) is 3. The van der Waals surface area contributed by atoms with Crippen LogP contribution in [0.15, 0.2) is 53.7 Å². The van der Waals surface area contributed by atoms with Gasteiger partial charge in [0.05, 0.1) is 5.52 Å². The van der Waals surface area contributed by atoms with Crippen LogP contribution in [0, 0.1) is 29.3 Å². The summed E-state index contributed by atoms with van der Waals surface area (Å²) in [5, 5.41) is 7.46. The van der Waals surface area contributed by atoms with Crippen LogP contribution >= 0.6 is 0 Å². The molecule has 2 atom stereocenters. The van der Waals surface area contributed by atoms with Gasteiger partial charge in [0.25, 0.3) is 0 Å². The van der Waals surface area contributed by atoms with E-state index in [9.17, 15) is 13.2 Å². The van der Waals surface area contributed by atoms with E-state index in [0.717, 1.165) is 29.7 Å². The van der Waals surface area contributed by atoms with Crippen molar-refractivity contribution < 1.29 is 13.2 Å². The van der Waals surface area contributed by atoms with Gasteiger partial charge in [0.2, 0.25) is 0 Å². The molecule has 0 radical (unpaired) electrons. The highest BCUT2D eigenvalue weighted by Crippen LogP contribution is 2.41. The molecule has 2 heterocycles. The van der Waals surface area contributed by atoms with Crippen LogP contribution in [0.25, 0.3) is 16.6 Å². The van der Waals surface area contributed by atoms with Gasteiger partial charge in [-0.2, -0.15) is 0 Å². The maximum atomic E-state index is 14.3. The number of aliphatic imine (C=N–C) groups is 1. The summed E-state index contributed by atoms with van der Waals surface area (Å²) < 4.78 is 41.8. The Hall–Kier alpha value is -3.06. The minimum Gasteiger partial charge on any atom is -0.358 e. The number of aromatic amines is 1. The van der Waals surface area contributed by atoms with Gasteiger partial charge in [-0.3, -0.25) is 5.32 Å². The molecule has 2 bridgehead atoms. The Bertz CT molecular complexity index is 1250. The molecular weight excluding hydrogens is 425 g/mol. The molecule has 33 heavy (non-hydrogen) atoms. The predicted molar refractivity (Wildman–Crippen MR) is 123 cm³/mol. The molecule has 170 valence electrons. The number of nitrogens with zero attached hydrogens (tertiary/aromatic N) is 1. The third-order valence-corrected chi connectivity index (χ3v) is 7.39. The average molecular weight is 451 g/mol. The van der Waals surface area contributed by atoms with Gasteiger partial charge >= 0.3 is 0 Å². The molecule has 3 aromatic rings. The number of hydrogen-bond donors (Lipinski definition) is 3. The molecule has 4 aliphatic rings. The molecule has 0 amide bonds. The monoisotopic (exact) mass is 450 g/mol. The largest absolute Gasteiger partial charge is 0.358 e. The number of hydrogen-bond acceptors (Lipinski definition) is 3. The first-order chi connectivity index (χ1) is 16.0. The fraction of sp³-hybridized carbons (Fsp3) is 0.346. The smallest absolute Gasteiger partial charge is 0.150 e. The van der Waals surface area contributed by atoms with Crippen molar-refractivity contribution in [3.63, 3.8) is 0 Å². The molecular formula is C26H25F3N4. The Balaban J connectivity index is 1.38. The first kappa shape index (κ1) is 20.5. The first-order valence-corrected chi connectivity index (χ1v) is 11.6. The van der Waals surface area contributed by atoms with Gasteiger partial charge in [-0.25, -0.2) is 18.2 Å². The van der Waals surface area contributed by atoms with E-state index < -0.39 is 11.6 Å². The second-order valence-corrected chi connectivity index (χ2v) is 9.44. The van der Waals surface area contributed by atoms with E-state index >= 15 is 0 Å². The summed E-state index contributed by atoms with van der Waals surface area (Å²) >= 11 is 0. The standard InChI is InChI=1S/C26H25F3N4/c27-17-7-5-16(6-8-17)23-12-24(31-22-9-14-1-3-15(22)4-2-14)33-26(32-23)20-13-30-25-19(20)10-18(28)11-21(25)29/h5-8,10-15,22,24,30-31H,1-4,9H2,(H,32,33). The number of benzene rings is 2. The van der Waals surface area contributed by atoms with Gasteiger partial charge in [-0.1, -0.05) is 12.8 Å². The van der Waals surface area contributed by atoms with Crippen molar-refractivity contribution in [3.05, 3.63) is 77.2 Å². The highest BCUT2D eigenvalue weighted by atomic mass is 19.1. The lowest BCUT2D eigenvalue weighted by molar-refractivity contribution is 0.120. The van der Waals surface area contributed by atoms with Gasteiger partial charge in [-0.05, 0) is 73.1 Å². The van der Waals surface area contributed by atoms with E-state index in [1.807, 2.05) is 6.08 Å². The Labute approximate surface area is 190 Å². The lowest BCUT2D eigenvalue weighted by Gasteiger charge is -2.43. The van der Waals surface area contributed by atoms with Crippen molar-refractivity contribution in [1.29, 1.82) is 0 Å². The van der Waals surface area contributed by atoms with E-state index in [0.29, 0.717) is 28.7 Å². The fourth-order valence-corrected chi connectivity index (χ4v) is 5.71. The maximum Gasteiger partial charge on any atom is 0.150 e. The molecule has 3 N–H and O–H groups in total. The van der Waals surface area contributed by atoms with E-state index in [1.165, 1.54) is 43.9 Å². The Kier molecular flexibility index (Phi) is 5.02. The SMILES string of the molecule is Fc1ccc(C2=CC(NC3CC4CCC3CC4)N=C(c3c[nH]c4c(F)cc(F)cc34)N2)cc1. The quantitative estimate of drug-likeness (QED) is 0.494. The molecule has 4 nitrogen and oxygen atoms in total. The van der Waals surface area contributed by atoms with Crippen molar-refractivity contribution in [2.75, 3.05) is 0 Å². The topological polar surface area (TPSA) is 52.2 Å². The molecule has 2 aromatic carbocycles. The summed E-state index contributed by atoms with van der Waals surface area (Å²) in [7, 11) is 0. The molecule has 3 aliphatic carbocycles. The predicted octanol–water partition coefficient (Wildman–Crippen LogP) is 5.47. The van der Waals surface area contributed by atoms with Crippen LogP contribution < -0.4 is 10.6 Å². The third-order valence-electron chi connectivity index (χ3n) is 7.39. The minimum absolute atomic E-state index is 0.239. The lowest BCUT2D eigenvalue weighted by Crippen LogP contribution is -2.49. The van der Waals surface area contributed by atoms with E-state index in [-0.39, 0.29) is 17.5 Å². The number of halogens is 3. The third kappa shape index (κ3) is 3.84. The zero-order valence-electron chi connectivity index (χ0n) is 18.0. The second kappa shape index (κ2) is 8.06. The van der Waals surface area contributed by atoms with Crippen LogP contribution in [0.3, 0.4) is 0 Å². The van der Waals surface area contributed by atoms with Crippen LogP contribution in [-0.2, 0) is 0 Å². The number of H-pyrrole nitrogens is 1. The van der Waals surface area contributed by atoms with E-state index in [2.05, 4.69) is 15.6 Å². The van der Waals surface area contributed by atoms with Crippen LogP contribution in [0.4, 0.5) is 13.2 Å². The Morgan fingerprint density at radius 1 is 0.939 bits per heavy atom. The number of amidine groups is 1. The van der Waals surface area contributed by atoms with Crippen molar-refractivity contribution >= 4 is 22.4 Å². The summed E-state index contributed by atoms with van der Waals surface area (Å²) in [5.41, 5.74) is 2.43. The van der Waals surface area contributed by atoms with Crippen molar-refractivity contribution in [2.24, 2.45) is 16.8 Å². The van der Waals surface area contributed by atoms with Crippen molar-refractivity contribution in [3.8, 4) is 0 Å². The lowest BCUT2D eigenvalue weighted by atomic mass is 9.68. The molecule has 0 saturated heterocycles. The Morgan fingerprint density at radius 3 is 2.45 bits per heavy atom. The molecule has 3 saturated carbocycles. The maximum absolute atomic E-state index is 14.3. The minimum atomic E-state index is -0.644. The van der Waals surface area contributed by atoms with Crippen molar-refractivity contribution in [2.45, 2.75) is 44.3 Å². The zero-order chi connectivity index (χ0) is 22.5. The van der Waals surface area contributed by atoms with Gasteiger partial charge < -0.3 is 10.3 Å². The number of fused-ring (bicyclic) bond motifs is 4. The summed E-state index contributed by atoms with van der Waals surface area (Å²) in [6.45, 7) is 0. The molecule has 0 spiro atoms. The molecule has 1 aliphatic heterocycles. The summed E-state index contributed by atoms with van der Waals surface area (Å²) in [6.07, 6.45) is 9.64. The van der Waals surface area contributed by atoms with Crippen LogP contribution in [0.5, 0.6) is 0 Å². The molecule has 2 unspecified atom stereocenters. The van der Waals surface area contributed by atoms with Gasteiger partial charge in [-0.15, -0.1) is 0 Å². The summed E-state index contributed by atoms with van der Waals surface area (Å²) in [5.74, 6) is 0.362. The average Bonchev–Trinajstić information content (AvgIpc) is 3.24. The van der Waals surface area contributed by atoms with Crippen LogP contribution in [0.2, 0.25) is 0 Å². The molecule has 7 rings (SSSR count). The van der Waals surface area contributed by atoms with E-state index in [4.69, 9.17) is 4.99 Å². The van der Waals surface area contributed by atoms with Crippen LogP contribution in [-0.4, -0.2) is 23.0 Å². The van der Waals surface area contributed by atoms with Gasteiger partial charge in [0, 0.05) is 35.0 Å². The number of aromatic nitrogens is 1. The van der Waals surface area contributed by atoms with E-state index in [1.54, 1.807) is 18.3 Å². The van der Waals surface area contributed by atoms with Gasteiger partial charge in [0.1, 0.15) is 29.5 Å². The second-order valence-electron chi connectivity index (χ2n) is 9.44.